The first-order valence-electron chi connectivity index (χ1n) is 6.63. The van der Waals surface area contributed by atoms with Gasteiger partial charge in [0.2, 0.25) is 0 Å². The highest BCUT2D eigenvalue weighted by Gasteiger charge is 2.42. The molecule has 1 N–H and O–H groups in total. The van der Waals surface area contributed by atoms with E-state index in [0.717, 1.165) is 11.8 Å². The van der Waals surface area contributed by atoms with Gasteiger partial charge in [-0.25, -0.2) is 8.42 Å². The average molecular weight is 355 g/mol. The van der Waals surface area contributed by atoms with Gasteiger partial charge in [-0.05, 0) is 18.6 Å². The molecule has 0 spiro atoms. The average Bonchev–Trinajstić information content (AvgIpc) is 2.92. The van der Waals surface area contributed by atoms with E-state index in [2.05, 4.69) is 0 Å². The lowest BCUT2D eigenvalue weighted by Gasteiger charge is -2.20. The Kier molecular flexibility index (Phi) is 4.00. The summed E-state index contributed by atoms with van der Waals surface area (Å²) in [7, 11) is -3.09. The second kappa shape index (κ2) is 5.68. The van der Waals surface area contributed by atoms with E-state index in [0.29, 0.717) is 21.2 Å². The molecule has 2 saturated heterocycles. The highest BCUT2D eigenvalue weighted by Crippen LogP contribution is 2.37. The number of hydrogen-bond acceptors (Lipinski definition) is 6. The topological polar surface area (TPSA) is 74.7 Å². The van der Waals surface area contributed by atoms with Crippen LogP contribution in [0.25, 0.3) is 6.08 Å². The summed E-state index contributed by atoms with van der Waals surface area (Å²) in [6, 6.07) is 6.31. The minimum absolute atomic E-state index is 0.0384. The van der Waals surface area contributed by atoms with Crippen LogP contribution < -0.4 is 0 Å². The van der Waals surface area contributed by atoms with Gasteiger partial charge < -0.3 is 5.11 Å². The first-order valence-corrected chi connectivity index (χ1v) is 9.67. The zero-order valence-electron chi connectivity index (χ0n) is 11.4. The van der Waals surface area contributed by atoms with Crippen molar-refractivity contribution in [3.8, 4) is 5.75 Å². The number of rotatable bonds is 2. The summed E-state index contributed by atoms with van der Waals surface area (Å²) in [5.41, 5.74) is 0.530. The zero-order valence-corrected chi connectivity index (χ0v) is 13.9. The van der Waals surface area contributed by atoms with Crippen molar-refractivity contribution >= 4 is 50.1 Å². The molecule has 1 aromatic rings. The molecule has 8 heteroatoms. The number of hydrogen-bond donors (Lipinski definition) is 1. The van der Waals surface area contributed by atoms with E-state index in [4.69, 9.17) is 12.2 Å². The normalized spacial score (nSPS) is 26.1. The summed E-state index contributed by atoms with van der Waals surface area (Å²) in [4.78, 5) is 14.3. The van der Waals surface area contributed by atoms with Crippen LogP contribution in [0.1, 0.15) is 12.0 Å². The van der Waals surface area contributed by atoms with E-state index < -0.39 is 9.84 Å². The molecule has 0 bridgehead atoms. The molecule has 5 nitrogen and oxygen atoms in total. The van der Waals surface area contributed by atoms with Crippen molar-refractivity contribution in [2.75, 3.05) is 11.5 Å². The number of carbonyl (C=O) groups is 1. The Hall–Kier alpha value is -1.38. The van der Waals surface area contributed by atoms with Crippen LogP contribution in [0.15, 0.2) is 29.2 Å². The standard InChI is InChI=1S/C14H13NO4S3/c16-11-4-2-1-3-9(11)7-12-13(17)15(14(20)21-12)10-5-6-22(18,19)8-10/h1-4,7,10,16H,5-6,8H2/b12-7+. The van der Waals surface area contributed by atoms with Crippen LogP contribution in [-0.4, -0.2) is 46.2 Å². The fourth-order valence-corrected chi connectivity index (χ4v) is 5.62. The molecule has 1 amide bonds. The predicted molar refractivity (Wildman–Crippen MR) is 90.2 cm³/mol. The molecule has 0 saturated carbocycles. The van der Waals surface area contributed by atoms with Gasteiger partial charge in [0.1, 0.15) is 10.1 Å². The predicted octanol–water partition coefficient (Wildman–Crippen LogP) is 1.78. The number of phenols is 1. The van der Waals surface area contributed by atoms with Crippen molar-refractivity contribution in [1.29, 1.82) is 0 Å². The molecular weight excluding hydrogens is 342 g/mol. The van der Waals surface area contributed by atoms with Crippen LogP contribution in [0.3, 0.4) is 0 Å². The van der Waals surface area contributed by atoms with Gasteiger partial charge in [0, 0.05) is 5.56 Å². The SMILES string of the molecule is O=C1/C(=C\c2ccccc2O)SC(=S)N1C1CCS(=O)(=O)C1. The van der Waals surface area contributed by atoms with Gasteiger partial charge in [-0.15, -0.1) is 0 Å². The molecule has 0 radical (unpaired) electrons. The number of phenolic OH excluding ortho intramolecular Hbond substituents is 1. The third-order valence-electron chi connectivity index (χ3n) is 3.62. The summed E-state index contributed by atoms with van der Waals surface area (Å²) in [6.45, 7) is 0. The van der Waals surface area contributed by atoms with Crippen molar-refractivity contribution in [3.05, 3.63) is 34.7 Å². The number of thiocarbonyl (C=S) groups is 1. The number of aromatic hydroxyl groups is 1. The smallest absolute Gasteiger partial charge is 0.266 e. The summed E-state index contributed by atoms with van der Waals surface area (Å²) < 4.78 is 23.6. The number of thioether (sulfide) groups is 1. The number of benzene rings is 1. The van der Waals surface area contributed by atoms with Crippen molar-refractivity contribution in [2.24, 2.45) is 0 Å². The van der Waals surface area contributed by atoms with Crippen molar-refractivity contribution in [2.45, 2.75) is 12.5 Å². The largest absolute Gasteiger partial charge is 0.507 e. The van der Waals surface area contributed by atoms with E-state index >= 15 is 0 Å². The summed E-state index contributed by atoms with van der Waals surface area (Å²) in [5.74, 6) is -0.159. The molecule has 3 rings (SSSR count). The number of para-hydroxylation sites is 1. The Morgan fingerprint density at radius 3 is 2.73 bits per heavy atom. The van der Waals surface area contributed by atoms with Gasteiger partial charge >= 0.3 is 0 Å². The van der Waals surface area contributed by atoms with Crippen LogP contribution >= 0.6 is 24.0 Å². The summed E-state index contributed by atoms with van der Waals surface area (Å²) in [6.07, 6.45) is 2.00. The number of nitrogens with zero attached hydrogens (tertiary/aromatic N) is 1. The van der Waals surface area contributed by atoms with Crippen LogP contribution in [0.5, 0.6) is 5.75 Å². The molecule has 2 heterocycles. The second-order valence-corrected chi connectivity index (χ2v) is 9.07. The van der Waals surface area contributed by atoms with Crippen LogP contribution in [-0.2, 0) is 14.6 Å². The molecule has 2 aliphatic heterocycles. The molecule has 1 atom stereocenters. The van der Waals surface area contributed by atoms with Crippen molar-refractivity contribution in [1.82, 2.24) is 4.90 Å². The van der Waals surface area contributed by atoms with Gasteiger partial charge in [0.15, 0.2) is 9.84 Å². The van der Waals surface area contributed by atoms with Crippen LogP contribution in [0, 0.1) is 0 Å². The van der Waals surface area contributed by atoms with E-state index in [-0.39, 0.29) is 29.2 Å². The Labute approximate surface area is 137 Å². The molecule has 1 aromatic carbocycles. The Balaban J connectivity index is 1.88. The Bertz CT molecular complexity index is 785. The number of carbonyl (C=O) groups excluding carboxylic acids is 1. The molecular formula is C14H13NO4S3. The van der Waals surface area contributed by atoms with Gasteiger partial charge in [0.25, 0.3) is 5.91 Å². The molecule has 1 unspecified atom stereocenters. The number of amides is 1. The minimum Gasteiger partial charge on any atom is -0.507 e. The Morgan fingerprint density at radius 2 is 2.09 bits per heavy atom. The Morgan fingerprint density at radius 1 is 1.36 bits per heavy atom. The third kappa shape index (κ3) is 2.90. The maximum absolute atomic E-state index is 12.5. The van der Waals surface area contributed by atoms with E-state index in [9.17, 15) is 18.3 Å². The lowest BCUT2D eigenvalue weighted by molar-refractivity contribution is -0.123. The lowest BCUT2D eigenvalue weighted by atomic mass is 10.1. The van der Waals surface area contributed by atoms with E-state index in [1.165, 1.54) is 11.0 Å². The maximum Gasteiger partial charge on any atom is 0.266 e. The molecule has 2 fully saturated rings. The second-order valence-electron chi connectivity index (χ2n) is 5.17. The van der Waals surface area contributed by atoms with Crippen LogP contribution in [0.4, 0.5) is 0 Å². The molecule has 0 aliphatic carbocycles. The third-order valence-corrected chi connectivity index (χ3v) is 6.70. The minimum atomic E-state index is -3.09. The quantitative estimate of drug-likeness (QED) is 0.644. The first-order chi connectivity index (χ1) is 10.4. The highest BCUT2D eigenvalue weighted by atomic mass is 32.2. The van der Waals surface area contributed by atoms with Crippen LogP contribution in [0.2, 0.25) is 0 Å². The first kappa shape index (κ1) is 15.5. The summed E-state index contributed by atoms with van der Waals surface area (Å²) >= 11 is 6.36. The molecule has 2 aliphatic rings. The zero-order chi connectivity index (χ0) is 15.9. The fraction of sp³-hybridized carbons (Fsp3) is 0.286. The van der Waals surface area contributed by atoms with Gasteiger partial charge in [-0.2, -0.15) is 0 Å². The summed E-state index contributed by atoms with van der Waals surface area (Å²) in [5, 5.41) is 9.78. The fourth-order valence-electron chi connectivity index (χ4n) is 2.52. The van der Waals surface area contributed by atoms with Gasteiger partial charge in [-0.1, -0.05) is 42.2 Å². The molecule has 116 valence electrons. The van der Waals surface area contributed by atoms with Gasteiger partial charge in [-0.3, -0.25) is 9.69 Å². The molecule has 0 aromatic heterocycles. The lowest BCUT2D eigenvalue weighted by Crippen LogP contribution is -2.39. The van der Waals surface area contributed by atoms with E-state index in [1.807, 2.05) is 0 Å². The van der Waals surface area contributed by atoms with Crippen molar-refractivity contribution < 1.29 is 18.3 Å². The monoisotopic (exact) mass is 355 g/mol. The van der Waals surface area contributed by atoms with E-state index in [1.54, 1.807) is 24.3 Å². The van der Waals surface area contributed by atoms with Gasteiger partial charge in [0.05, 0.1) is 22.5 Å². The van der Waals surface area contributed by atoms with Crippen molar-refractivity contribution in [3.63, 3.8) is 0 Å². The maximum atomic E-state index is 12.5. The molecule has 22 heavy (non-hydrogen) atoms. The number of sulfone groups is 1. The highest BCUT2D eigenvalue weighted by molar-refractivity contribution is 8.26.